The molecular weight excluding hydrogens is 727 g/mol. The molecule has 0 bridgehead atoms. The van der Waals surface area contributed by atoms with E-state index in [0.717, 1.165) is 71.0 Å². The Bertz CT molecular complexity index is 3810. The van der Waals surface area contributed by atoms with Crippen LogP contribution in [0.5, 0.6) is 0 Å². The number of benzene rings is 11. The standard InChI is InChI=1S/C58H37NO/c1-2-14-38(15-3-1)47-24-12-26-53-54-27-13-25-48(58(54)60-57(47)53)39-28-32-43(33-29-39)59(56-37-42-17-5-7-19-46(42)50-21-10-11-23-52(50)56)44-34-30-40(31-35-44)55-36-41-16-4-6-18-45(41)49-20-8-9-22-51(49)55/h1-37H/i28D,29D,32D,33D. The maximum Gasteiger partial charge on any atom is 0.143 e. The van der Waals surface area contributed by atoms with E-state index in [-0.39, 0.29) is 35.4 Å². The topological polar surface area (TPSA) is 16.4 Å². The van der Waals surface area contributed by atoms with Crippen molar-refractivity contribution >= 4 is 82.1 Å². The van der Waals surface area contributed by atoms with Crippen LogP contribution in [-0.4, -0.2) is 0 Å². The summed E-state index contributed by atoms with van der Waals surface area (Å²) in [5.74, 6) is 0. The molecule has 0 saturated carbocycles. The van der Waals surface area contributed by atoms with E-state index in [4.69, 9.17) is 4.42 Å². The molecule has 0 radical (unpaired) electrons. The first-order valence-electron chi connectivity index (χ1n) is 22.3. The van der Waals surface area contributed by atoms with Crippen molar-refractivity contribution in [1.82, 2.24) is 0 Å². The first-order valence-corrected chi connectivity index (χ1v) is 20.3. The van der Waals surface area contributed by atoms with E-state index in [1.54, 1.807) is 0 Å². The Labute approximate surface area is 353 Å². The number of nitrogens with zero attached hydrogens (tertiary/aromatic N) is 1. The van der Waals surface area contributed by atoms with Crippen molar-refractivity contribution in [1.29, 1.82) is 0 Å². The lowest BCUT2D eigenvalue weighted by Crippen LogP contribution is -2.10. The van der Waals surface area contributed by atoms with Crippen molar-refractivity contribution in [3.05, 3.63) is 224 Å². The van der Waals surface area contributed by atoms with E-state index in [2.05, 4.69) is 97.1 Å². The highest BCUT2D eigenvalue weighted by molar-refractivity contribution is 6.16. The molecule has 0 fully saturated rings. The molecule has 12 aromatic rings. The van der Waals surface area contributed by atoms with Gasteiger partial charge in [-0.15, -0.1) is 0 Å². The fraction of sp³-hybridized carbons (Fsp3) is 0. The Morgan fingerprint density at radius 2 is 0.800 bits per heavy atom. The minimum absolute atomic E-state index is 0.151. The average molecular weight is 768 g/mol. The number of furan rings is 1. The van der Waals surface area contributed by atoms with Gasteiger partial charge in [0.25, 0.3) is 0 Å². The molecule has 1 aromatic heterocycles. The van der Waals surface area contributed by atoms with Crippen LogP contribution in [0.25, 0.3) is 98.4 Å². The summed E-state index contributed by atoms with van der Waals surface area (Å²) >= 11 is 0. The Hall–Kier alpha value is -7.94. The van der Waals surface area contributed by atoms with Gasteiger partial charge in [-0.1, -0.05) is 188 Å². The minimum atomic E-state index is -0.157. The molecule has 0 aliphatic rings. The summed E-state index contributed by atoms with van der Waals surface area (Å²) in [6.45, 7) is 0. The number of hydrogen-bond donors (Lipinski definition) is 0. The maximum atomic E-state index is 9.87. The monoisotopic (exact) mass is 767 g/mol. The molecule has 0 amide bonds. The molecule has 0 unspecified atom stereocenters. The predicted octanol–water partition coefficient (Wildman–Crippen LogP) is 16.7. The molecule has 1 heterocycles. The highest BCUT2D eigenvalue weighted by Crippen LogP contribution is 2.45. The minimum Gasteiger partial charge on any atom is -0.455 e. The Morgan fingerprint density at radius 1 is 0.317 bits per heavy atom. The molecule has 0 aliphatic heterocycles. The van der Waals surface area contributed by atoms with Crippen molar-refractivity contribution in [3.8, 4) is 33.4 Å². The number of para-hydroxylation sites is 2. The first kappa shape index (κ1) is 30.2. The SMILES string of the molecule is [2H]c1c([2H])c(N(c2ccc(-c3cc4ccccc4c4ccccc34)cc2)c2cc3ccccc3c3ccccc23)c([2H])c([2H])c1-c1cccc2c1oc1c(-c3ccccc3)cccc12. The fourth-order valence-electron chi connectivity index (χ4n) is 9.11. The molecule has 12 rings (SSSR count). The summed E-state index contributed by atoms with van der Waals surface area (Å²) in [6.07, 6.45) is 0. The van der Waals surface area contributed by atoms with Gasteiger partial charge in [-0.2, -0.15) is 0 Å². The summed E-state index contributed by atoms with van der Waals surface area (Å²) < 4.78 is 45.9. The van der Waals surface area contributed by atoms with Gasteiger partial charge >= 0.3 is 0 Å². The molecule has 0 N–H and O–H groups in total. The van der Waals surface area contributed by atoms with Crippen molar-refractivity contribution in [2.24, 2.45) is 0 Å². The van der Waals surface area contributed by atoms with Crippen LogP contribution >= 0.6 is 0 Å². The van der Waals surface area contributed by atoms with Crippen LogP contribution < -0.4 is 4.90 Å². The zero-order valence-corrected chi connectivity index (χ0v) is 32.4. The largest absolute Gasteiger partial charge is 0.455 e. The van der Waals surface area contributed by atoms with Gasteiger partial charge in [0.05, 0.1) is 11.2 Å². The predicted molar refractivity (Wildman–Crippen MR) is 255 cm³/mol. The normalized spacial score (nSPS) is 12.6. The van der Waals surface area contributed by atoms with Gasteiger partial charge < -0.3 is 9.32 Å². The van der Waals surface area contributed by atoms with Gasteiger partial charge in [-0.05, 0) is 96.3 Å². The van der Waals surface area contributed by atoms with E-state index >= 15 is 0 Å². The molecule has 11 aromatic carbocycles. The molecule has 0 saturated heterocycles. The van der Waals surface area contributed by atoms with Crippen LogP contribution in [0.2, 0.25) is 0 Å². The summed E-state index contributed by atoms with van der Waals surface area (Å²) in [5, 5.41) is 10.5. The third-order valence-electron chi connectivity index (χ3n) is 11.9. The zero-order chi connectivity index (χ0) is 43.1. The third kappa shape index (κ3) is 5.50. The zero-order valence-electron chi connectivity index (χ0n) is 36.4. The highest BCUT2D eigenvalue weighted by atomic mass is 16.3. The average Bonchev–Trinajstić information content (AvgIpc) is 3.74. The molecule has 0 spiro atoms. The molecular formula is C58H37NO. The number of hydrogen-bond acceptors (Lipinski definition) is 2. The second kappa shape index (κ2) is 13.9. The van der Waals surface area contributed by atoms with Crippen LogP contribution in [0.4, 0.5) is 17.1 Å². The van der Waals surface area contributed by atoms with Crippen LogP contribution in [0.15, 0.2) is 229 Å². The van der Waals surface area contributed by atoms with E-state index in [1.165, 1.54) is 10.8 Å². The van der Waals surface area contributed by atoms with Gasteiger partial charge in [0.15, 0.2) is 0 Å². The summed E-state index contributed by atoms with van der Waals surface area (Å²) in [6, 6.07) is 67.2. The van der Waals surface area contributed by atoms with Gasteiger partial charge in [0.1, 0.15) is 11.2 Å². The van der Waals surface area contributed by atoms with Crippen LogP contribution in [0.3, 0.4) is 0 Å². The quantitative estimate of drug-likeness (QED) is 0.157. The van der Waals surface area contributed by atoms with Gasteiger partial charge in [0.2, 0.25) is 0 Å². The van der Waals surface area contributed by atoms with Crippen LogP contribution in [0, 0.1) is 0 Å². The lowest BCUT2D eigenvalue weighted by atomic mass is 9.93. The van der Waals surface area contributed by atoms with Gasteiger partial charge in [-0.25, -0.2) is 0 Å². The van der Waals surface area contributed by atoms with E-state index < -0.39 is 0 Å². The third-order valence-corrected chi connectivity index (χ3v) is 11.9. The second-order valence-electron chi connectivity index (χ2n) is 15.3. The van der Waals surface area contributed by atoms with Crippen molar-refractivity contribution in [3.63, 3.8) is 0 Å². The van der Waals surface area contributed by atoms with Crippen molar-refractivity contribution in [2.75, 3.05) is 4.90 Å². The van der Waals surface area contributed by atoms with E-state index in [9.17, 15) is 5.48 Å². The van der Waals surface area contributed by atoms with Gasteiger partial charge in [-0.3, -0.25) is 0 Å². The van der Waals surface area contributed by atoms with E-state index in [0.29, 0.717) is 22.4 Å². The molecule has 2 nitrogen and oxygen atoms in total. The lowest BCUT2D eigenvalue weighted by molar-refractivity contribution is 0.671. The summed E-state index contributed by atoms with van der Waals surface area (Å²) in [4.78, 5) is 1.91. The van der Waals surface area contributed by atoms with Crippen molar-refractivity contribution in [2.45, 2.75) is 0 Å². The number of fused-ring (bicyclic) bond motifs is 9. The molecule has 60 heavy (non-hydrogen) atoms. The molecule has 280 valence electrons. The first-order chi connectivity index (χ1) is 31.4. The maximum absolute atomic E-state index is 9.87. The number of rotatable bonds is 6. The second-order valence-corrected chi connectivity index (χ2v) is 15.3. The van der Waals surface area contributed by atoms with Gasteiger partial charge in [0, 0.05) is 38.7 Å². The smallest absolute Gasteiger partial charge is 0.143 e. The van der Waals surface area contributed by atoms with E-state index in [1.807, 2.05) is 108 Å². The van der Waals surface area contributed by atoms with Crippen LogP contribution in [-0.2, 0) is 0 Å². The molecule has 2 heteroatoms. The Morgan fingerprint density at radius 3 is 1.45 bits per heavy atom. The van der Waals surface area contributed by atoms with Crippen molar-refractivity contribution < 1.29 is 9.90 Å². The molecule has 0 atom stereocenters. The fourth-order valence-corrected chi connectivity index (χ4v) is 9.11. The van der Waals surface area contributed by atoms with Crippen LogP contribution in [0.1, 0.15) is 5.48 Å². The highest BCUT2D eigenvalue weighted by Gasteiger charge is 2.20. The lowest BCUT2D eigenvalue weighted by Gasteiger charge is -2.28. The summed E-state index contributed by atoms with van der Waals surface area (Å²) in [7, 11) is 0. The Balaban J connectivity index is 1.08. The number of anilines is 3. The Kier molecular flexibility index (Phi) is 6.98. The molecule has 0 aliphatic carbocycles. The summed E-state index contributed by atoms with van der Waals surface area (Å²) in [5.41, 5.74) is 7.61.